The Morgan fingerprint density at radius 3 is 2.43 bits per heavy atom. The Labute approximate surface area is 349 Å². The molecule has 2 unspecified atom stereocenters. The molecule has 15 heteroatoms. The number of aryl methyl sites for hydroxylation is 2. The zero-order chi connectivity index (χ0) is 42.3. The molecule has 5 aromatic heterocycles. The molecule has 8 rings (SSSR count). The molecule has 3 amide bonds. The fourth-order valence-electron chi connectivity index (χ4n) is 8.08. The van der Waals surface area contributed by atoms with Crippen molar-refractivity contribution in [3.05, 3.63) is 101 Å². The molecule has 0 saturated carbocycles. The number of piperazine rings is 1. The van der Waals surface area contributed by atoms with Crippen LogP contribution >= 0.6 is 0 Å². The van der Waals surface area contributed by atoms with Crippen molar-refractivity contribution < 1.29 is 18.9 Å². The fraction of sp³-hybridized carbons (Fsp3) is 0.400. The maximum atomic E-state index is 13.3. The quantitative estimate of drug-likeness (QED) is 0.152. The predicted molar refractivity (Wildman–Crippen MR) is 227 cm³/mol. The van der Waals surface area contributed by atoms with Crippen LogP contribution in [-0.4, -0.2) is 103 Å². The Balaban J connectivity index is 0.880. The van der Waals surface area contributed by atoms with Crippen molar-refractivity contribution in [1.29, 1.82) is 0 Å². The van der Waals surface area contributed by atoms with Crippen molar-refractivity contribution in [2.24, 2.45) is 0 Å². The summed E-state index contributed by atoms with van der Waals surface area (Å²) in [6, 6.07) is 14.3. The molecule has 0 bridgehead atoms. The van der Waals surface area contributed by atoms with Gasteiger partial charge in [-0.15, -0.1) is 0 Å². The van der Waals surface area contributed by atoms with Crippen molar-refractivity contribution in [2.75, 3.05) is 44.7 Å². The fourth-order valence-corrected chi connectivity index (χ4v) is 8.08. The van der Waals surface area contributed by atoms with E-state index < -0.39 is 0 Å². The molecule has 15 nitrogen and oxygen atoms in total. The Morgan fingerprint density at radius 1 is 0.950 bits per heavy atom. The minimum atomic E-state index is -0.352. The summed E-state index contributed by atoms with van der Waals surface area (Å²) in [7, 11) is 1.75. The van der Waals surface area contributed by atoms with Gasteiger partial charge in [0.1, 0.15) is 5.69 Å². The van der Waals surface area contributed by atoms with Gasteiger partial charge in [-0.25, -0.2) is 4.98 Å². The smallest absolute Gasteiger partial charge is 0.295 e. The second-order valence-electron chi connectivity index (χ2n) is 17.0. The van der Waals surface area contributed by atoms with E-state index in [0.29, 0.717) is 24.4 Å². The van der Waals surface area contributed by atoms with Crippen molar-refractivity contribution >= 4 is 34.4 Å². The molecule has 310 valence electrons. The molecular weight excluding hydrogens is 759 g/mol. The van der Waals surface area contributed by atoms with Crippen molar-refractivity contribution in [3.63, 3.8) is 0 Å². The average molecular weight is 810 g/mol. The highest BCUT2D eigenvalue weighted by Gasteiger charge is 2.30. The van der Waals surface area contributed by atoms with Crippen LogP contribution in [0.25, 0.3) is 33.5 Å². The molecule has 6 aromatic rings. The zero-order valence-corrected chi connectivity index (χ0v) is 35.2. The summed E-state index contributed by atoms with van der Waals surface area (Å²) in [5, 5.41) is 15.0. The van der Waals surface area contributed by atoms with E-state index >= 15 is 0 Å². The summed E-state index contributed by atoms with van der Waals surface area (Å²) in [6.07, 6.45) is 7.29. The zero-order valence-electron chi connectivity index (χ0n) is 35.2. The number of rotatable bonds is 10. The van der Waals surface area contributed by atoms with Gasteiger partial charge in [-0.05, 0) is 79.8 Å². The van der Waals surface area contributed by atoms with E-state index in [4.69, 9.17) is 9.51 Å². The van der Waals surface area contributed by atoms with Crippen LogP contribution in [0.1, 0.15) is 97.0 Å². The third-order valence-corrected chi connectivity index (χ3v) is 11.9. The second kappa shape index (κ2) is 16.4. The predicted octanol–water partition coefficient (Wildman–Crippen LogP) is 6.10. The van der Waals surface area contributed by atoms with Gasteiger partial charge >= 0.3 is 0 Å². The lowest BCUT2D eigenvalue weighted by Gasteiger charge is -2.36. The highest BCUT2D eigenvalue weighted by molar-refractivity contribution is 6.01. The number of amides is 3. The standard InChI is InChI=1S/C45H51N11O4/c1-26-20-29(8-10-33(26)28(3)54(7)43(59)41-50-44(60-53-41)45(4,5)6)39-35-22-30(23-48-40(35)52-51-39)37-12-9-32(24-47-37)56-18-16-55(17-19-56)15-14-31-21-27(2)36(25-46-31)34-11-13-38(57)49-42(34)58/h8-10,12,20-25,28,34H,11,13-19H2,1-7H3,(H,48,51,52)(H,49,57,58). The molecule has 0 radical (unpaired) electrons. The summed E-state index contributed by atoms with van der Waals surface area (Å²) in [4.78, 5) is 62.3. The minimum absolute atomic E-state index is 0.0488. The molecule has 2 fully saturated rings. The number of hydrogen-bond donors (Lipinski definition) is 2. The summed E-state index contributed by atoms with van der Waals surface area (Å²) in [6.45, 7) is 16.5. The number of aromatic amines is 1. The number of carbonyl (C=O) groups excluding carboxylic acids is 3. The lowest BCUT2D eigenvalue weighted by Crippen LogP contribution is -2.47. The van der Waals surface area contributed by atoms with Crippen LogP contribution in [0.15, 0.2) is 65.6 Å². The van der Waals surface area contributed by atoms with E-state index in [1.165, 1.54) is 0 Å². The van der Waals surface area contributed by atoms with Gasteiger partial charge in [0.2, 0.25) is 17.7 Å². The third-order valence-electron chi connectivity index (χ3n) is 11.9. The maximum absolute atomic E-state index is 13.3. The maximum Gasteiger partial charge on any atom is 0.295 e. The Hall–Kier alpha value is -6.35. The Morgan fingerprint density at radius 2 is 1.75 bits per heavy atom. The van der Waals surface area contributed by atoms with Gasteiger partial charge in [-0.1, -0.05) is 38.1 Å². The van der Waals surface area contributed by atoms with Crippen LogP contribution in [0.5, 0.6) is 0 Å². The number of fused-ring (bicyclic) bond motifs is 1. The molecule has 2 aliphatic rings. The number of nitrogens with one attached hydrogen (secondary N) is 2. The summed E-state index contributed by atoms with van der Waals surface area (Å²) in [5.74, 6) is -0.585. The second-order valence-corrected chi connectivity index (χ2v) is 17.0. The molecular formula is C45H51N11O4. The molecule has 2 saturated heterocycles. The lowest BCUT2D eigenvalue weighted by molar-refractivity contribution is -0.134. The Kier molecular flexibility index (Phi) is 11.0. The van der Waals surface area contributed by atoms with Crippen LogP contribution in [0, 0.1) is 13.8 Å². The summed E-state index contributed by atoms with van der Waals surface area (Å²) >= 11 is 0. The van der Waals surface area contributed by atoms with Gasteiger partial charge in [-0.3, -0.25) is 39.7 Å². The third kappa shape index (κ3) is 8.26. The number of aromatic nitrogens is 7. The first-order valence-electron chi connectivity index (χ1n) is 20.5. The largest absolute Gasteiger partial charge is 0.368 e. The molecule has 1 aromatic carbocycles. The van der Waals surface area contributed by atoms with Crippen LogP contribution in [0.4, 0.5) is 5.69 Å². The molecule has 2 N–H and O–H groups in total. The van der Waals surface area contributed by atoms with Crippen molar-refractivity contribution in [3.8, 4) is 22.5 Å². The molecule has 2 atom stereocenters. The molecule has 0 spiro atoms. The van der Waals surface area contributed by atoms with Crippen LogP contribution in [-0.2, 0) is 21.4 Å². The van der Waals surface area contributed by atoms with Gasteiger partial charge in [0.25, 0.3) is 11.7 Å². The number of anilines is 1. The Bertz CT molecular complexity index is 2570. The monoisotopic (exact) mass is 809 g/mol. The lowest BCUT2D eigenvalue weighted by atomic mass is 9.88. The number of pyridine rings is 3. The number of carbonyl (C=O) groups is 3. The highest BCUT2D eigenvalue weighted by atomic mass is 16.5. The van der Waals surface area contributed by atoms with Crippen molar-refractivity contribution in [1.82, 2.24) is 50.4 Å². The topological polar surface area (TPSA) is 179 Å². The van der Waals surface area contributed by atoms with Crippen LogP contribution < -0.4 is 10.2 Å². The SMILES string of the molecule is Cc1cc(CCN2CCN(c3ccc(-c4cnc5[nH]nc(-c6ccc(C(C)N(C)C(=O)c7noc(C(C)(C)C)n7)c(C)c6)c5c4)nc3)CC2)ncc1C1CCC(=O)NC1=O. The van der Waals surface area contributed by atoms with Gasteiger partial charge in [0.05, 0.1) is 29.5 Å². The van der Waals surface area contributed by atoms with E-state index in [1.54, 1.807) is 11.9 Å². The number of piperidine rings is 1. The first-order valence-corrected chi connectivity index (χ1v) is 20.5. The molecule has 7 heterocycles. The van der Waals surface area contributed by atoms with Crippen LogP contribution in [0.3, 0.4) is 0 Å². The molecule has 2 aliphatic heterocycles. The number of benzene rings is 1. The van der Waals surface area contributed by atoms with Gasteiger partial charge < -0.3 is 14.3 Å². The minimum Gasteiger partial charge on any atom is -0.368 e. The highest BCUT2D eigenvalue weighted by Crippen LogP contribution is 2.33. The van der Waals surface area contributed by atoms with Crippen molar-refractivity contribution in [2.45, 2.75) is 78.2 Å². The summed E-state index contributed by atoms with van der Waals surface area (Å²) < 4.78 is 5.37. The molecule has 60 heavy (non-hydrogen) atoms. The van der Waals surface area contributed by atoms with E-state index in [9.17, 15) is 14.4 Å². The molecule has 0 aliphatic carbocycles. The number of imide groups is 1. The first kappa shape index (κ1) is 40.4. The van der Waals surface area contributed by atoms with Gasteiger partial charge in [0, 0.05) is 92.6 Å². The van der Waals surface area contributed by atoms with Crippen LogP contribution in [0.2, 0.25) is 0 Å². The average Bonchev–Trinajstić information content (AvgIpc) is 3.92. The van der Waals surface area contributed by atoms with E-state index in [2.05, 4.69) is 69.7 Å². The number of hydrogen-bond acceptors (Lipinski definition) is 12. The number of nitrogens with zero attached hydrogens (tertiary/aromatic N) is 9. The van der Waals surface area contributed by atoms with Gasteiger partial charge in [0.15, 0.2) is 5.65 Å². The first-order chi connectivity index (χ1) is 28.7. The van der Waals surface area contributed by atoms with E-state index in [1.807, 2.05) is 78.3 Å². The van der Waals surface area contributed by atoms with E-state index in [-0.39, 0.29) is 40.9 Å². The normalized spacial score (nSPS) is 16.9. The van der Waals surface area contributed by atoms with Gasteiger partial charge in [-0.2, -0.15) is 10.1 Å². The summed E-state index contributed by atoms with van der Waals surface area (Å²) in [5.41, 5.74) is 9.85. The number of H-pyrrole nitrogens is 1. The van der Waals surface area contributed by atoms with E-state index in [0.717, 1.165) is 101 Å².